The van der Waals surface area contributed by atoms with Gasteiger partial charge in [-0.1, -0.05) is 24.3 Å². The normalized spacial score (nSPS) is 11.3. The molecule has 162 valence electrons. The van der Waals surface area contributed by atoms with Crippen molar-refractivity contribution in [3.63, 3.8) is 0 Å². The van der Waals surface area contributed by atoms with Gasteiger partial charge in [0, 0.05) is 37.1 Å². The summed E-state index contributed by atoms with van der Waals surface area (Å²) in [6.07, 6.45) is 0.926. The smallest absolute Gasteiger partial charge is 0.271 e. The number of nitro benzene ring substituents is 1. The van der Waals surface area contributed by atoms with E-state index in [1.165, 1.54) is 0 Å². The summed E-state index contributed by atoms with van der Waals surface area (Å²) in [7, 11) is -3.71. The second-order valence-electron chi connectivity index (χ2n) is 6.50. The minimum absolute atomic E-state index is 0.0972. The number of amides is 1. The molecule has 1 amide bonds. The largest absolute Gasteiger partial charge is 0.379 e. The summed E-state index contributed by atoms with van der Waals surface area (Å²) in [6, 6.07) is 10.5. The Balaban J connectivity index is 2.04. The van der Waals surface area contributed by atoms with Gasteiger partial charge in [-0.15, -0.1) is 0 Å². The van der Waals surface area contributed by atoms with Crippen LogP contribution in [0.3, 0.4) is 0 Å². The van der Waals surface area contributed by atoms with Crippen LogP contribution in [0.2, 0.25) is 0 Å². The average Bonchev–Trinajstić information content (AvgIpc) is 2.71. The van der Waals surface area contributed by atoms with Crippen molar-refractivity contribution in [2.24, 2.45) is 0 Å². The van der Waals surface area contributed by atoms with Crippen LogP contribution < -0.4 is 5.32 Å². The Kier molecular flexibility index (Phi) is 8.46. The highest BCUT2D eigenvalue weighted by Crippen LogP contribution is 2.21. The van der Waals surface area contributed by atoms with Crippen molar-refractivity contribution in [2.45, 2.75) is 25.0 Å². The average molecular weight is 436 g/mol. The molecule has 0 aliphatic carbocycles. The Bertz CT molecular complexity index is 1010. The summed E-state index contributed by atoms with van der Waals surface area (Å²) in [4.78, 5) is 22.5. The van der Waals surface area contributed by atoms with Crippen molar-refractivity contribution >= 4 is 21.4 Å². The molecule has 0 saturated heterocycles. The van der Waals surface area contributed by atoms with E-state index in [0.29, 0.717) is 26.4 Å². The van der Waals surface area contributed by atoms with E-state index in [4.69, 9.17) is 9.47 Å². The molecule has 0 aliphatic rings. The molecule has 30 heavy (non-hydrogen) atoms. The number of nitrogens with zero attached hydrogens (tertiary/aromatic N) is 1. The molecule has 0 heterocycles. The molecule has 0 radical (unpaired) electrons. The van der Waals surface area contributed by atoms with E-state index < -0.39 is 26.4 Å². The molecule has 0 bridgehead atoms. The van der Waals surface area contributed by atoms with Crippen LogP contribution in [0, 0.1) is 10.1 Å². The lowest BCUT2D eigenvalue weighted by molar-refractivity contribution is -0.385. The van der Waals surface area contributed by atoms with Gasteiger partial charge < -0.3 is 14.8 Å². The van der Waals surface area contributed by atoms with Gasteiger partial charge in [0.15, 0.2) is 9.84 Å². The van der Waals surface area contributed by atoms with Gasteiger partial charge >= 0.3 is 0 Å². The van der Waals surface area contributed by atoms with Crippen molar-refractivity contribution in [1.29, 1.82) is 0 Å². The van der Waals surface area contributed by atoms with Crippen molar-refractivity contribution in [3.8, 4) is 0 Å². The predicted octanol–water partition coefficient (Wildman–Crippen LogP) is 2.48. The van der Waals surface area contributed by atoms with Gasteiger partial charge in [-0.05, 0) is 24.1 Å². The first kappa shape index (κ1) is 23.5. The van der Waals surface area contributed by atoms with Gasteiger partial charge in [-0.25, -0.2) is 8.42 Å². The van der Waals surface area contributed by atoms with Crippen molar-refractivity contribution < 1.29 is 27.6 Å². The third-order valence-corrected chi connectivity index (χ3v) is 5.17. The molecular formula is C20H24N2O7S. The fourth-order valence-electron chi connectivity index (χ4n) is 2.60. The highest BCUT2D eigenvalue weighted by molar-refractivity contribution is 7.90. The lowest BCUT2D eigenvalue weighted by atomic mass is 10.1. The zero-order valence-electron chi connectivity index (χ0n) is 16.8. The molecule has 0 aliphatic heterocycles. The first-order chi connectivity index (χ1) is 14.2. The standard InChI is InChI=1S/C20H24N2O7S/c1-3-28-7-8-29-14-16-6-4-5-15(9-16)13-21-20(23)17-10-18(22(24)25)12-19(11-17)30(2,26)27/h4-6,9-12H,3,7-8,13-14H2,1-2H3,(H,21,23). The lowest BCUT2D eigenvalue weighted by Gasteiger charge is -2.09. The van der Waals surface area contributed by atoms with Crippen LogP contribution in [0.1, 0.15) is 28.4 Å². The molecule has 2 aromatic carbocycles. The van der Waals surface area contributed by atoms with E-state index >= 15 is 0 Å². The van der Waals surface area contributed by atoms with Gasteiger partial charge in [0.2, 0.25) is 0 Å². The predicted molar refractivity (Wildman–Crippen MR) is 110 cm³/mol. The molecule has 0 atom stereocenters. The first-order valence-corrected chi connectivity index (χ1v) is 11.1. The second-order valence-corrected chi connectivity index (χ2v) is 8.51. The summed E-state index contributed by atoms with van der Waals surface area (Å²) in [5.74, 6) is -0.609. The Morgan fingerprint density at radius 2 is 1.80 bits per heavy atom. The topological polar surface area (TPSA) is 125 Å². The summed E-state index contributed by atoms with van der Waals surface area (Å²) >= 11 is 0. The van der Waals surface area contributed by atoms with Crippen LogP contribution in [0.4, 0.5) is 5.69 Å². The Morgan fingerprint density at radius 1 is 1.10 bits per heavy atom. The molecule has 0 saturated carbocycles. The maximum atomic E-state index is 12.5. The van der Waals surface area contributed by atoms with E-state index in [0.717, 1.165) is 35.6 Å². The molecule has 0 aromatic heterocycles. The van der Waals surface area contributed by atoms with Crippen molar-refractivity contribution in [1.82, 2.24) is 5.32 Å². The molecule has 0 spiro atoms. The van der Waals surface area contributed by atoms with Crippen LogP contribution in [0.25, 0.3) is 0 Å². The molecule has 2 aromatic rings. The molecule has 1 N–H and O–H groups in total. The molecule has 0 unspecified atom stereocenters. The molecular weight excluding hydrogens is 412 g/mol. The van der Waals surface area contributed by atoms with Gasteiger partial charge in [-0.3, -0.25) is 14.9 Å². The number of carbonyl (C=O) groups excluding carboxylic acids is 1. The van der Waals surface area contributed by atoms with Gasteiger partial charge in [-0.2, -0.15) is 0 Å². The van der Waals surface area contributed by atoms with Crippen molar-refractivity contribution in [3.05, 3.63) is 69.3 Å². The van der Waals surface area contributed by atoms with Crippen LogP contribution in [0.15, 0.2) is 47.4 Å². The van der Waals surface area contributed by atoms with Crippen LogP contribution >= 0.6 is 0 Å². The quantitative estimate of drug-likeness (QED) is 0.326. The highest BCUT2D eigenvalue weighted by atomic mass is 32.2. The Morgan fingerprint density at radius 3 is 2.47 bits per heavy atom. The summed E-state index contributed by atoms with van der Waals surface area (Å²) in [5, 5.41) is 13.7. The fraction of sp³-hybridized carbons (Fsp3) is 0.350. The van der Waals surface area contributed by atoms with Crippen molar-refractivity contribution in [2.75, 3.05) is 26.1 Å². The third-order valence-electron chi connectivity index (χ3n) is 4.08. The van der Waals surface area contributed by atoms with E-state index in [9.17, 15) is 23.3 Å². The third kappa shape index (κ3) is 7.21. The number of nitrogens with one attached hydrogen (secondary N) is 1. The molecule has 2 rings (SSSR count). The molecule has 0 fully saturated rings. The van der Waals surface area contributed by atoms with Crippen LogP contribution in [-0.2, 0) is 32.5 Å². The second kappa shape index (κ2) is 10.8. The number of sulfone groups is 1. The summed E-state index contributed by atoms with van der Waals surface area (Å²) in [5.41, 5.74) is 1.17. The van der Waals surface area contributed by atoms with Gasteiger partial charge in [0.25, 0.3) is 11.6 Å². The number of non-ortho nitro benzene ring substituents is 1. The monoisotopic (exact) mass is 436 g/mol. The van der Waals surface area contributed by atoms with Gasteiger partial charge in [0.1, 0.15) is 0 Å². The number of carbonyl (C=O) groups is 1. The van der Waals surface area contributed by atoms with Crippen LogP contribution in [-0.4, -0.2) is 45.3 Å². The van der Waals surface area contributed by atoms with Gasteiger partial charge in [0.05, 0.1) is 29.6 Å². The van der Waals surface area contributed by atoms with E-state index in [-0.39, 0.29) is 17.0 Å². The van der Waals surface area contributed by atoms with E-state index in [1.54, 1.807) is 0 Å². The number of rotatable bonds is 11. The first-order valence-electron chi connectivity index (χ1n) is 9.21. The number of hydrogen-bond acceptors (Lipinski definition) is 7. The van der Waals surface area contributed by atoms with Crippen LogP contribution in [0.5, 0.6) is 0 Å². The molecule has 10 heteroatoms. The highest BCUT2D eigenvalue weighted by Gasteiger charge is 2.19. The number of ether oxygens (including phenoxy) is 2. The Labute approximate surface area is 175 Å². The van der Waals surface area contributed by atoms with E-state index in [1.807, 2.05) is 31.2 Å². The zero-order chi connectivity index (χ0) is 22.1. The zero-order valence-corrected chi connectivity index (χ0v) is 17.6. The fourth-order valence-corrected chi connectivity index (χ4v) is 3.28. The number of nitro groups is 1. The minimum Gasteiger partial charge on any atom is -0.379 e. The minimum atomic E-state index is -3.71. The van der Waals surface area contributed by atoms with E-state index in [2.05, 4.69) is 5.32 Å². The lowest BCUT2D eigenvalue weighted by Crippen LogP contribution is -2.23. The number of hydrogen-bond donors (Lipinski definition) is 1. The SMILES string of the molecule is CCOCCOCc1cccc(CNC(=O)c2cc([N+](=O)[O-])cc(S(C)(=O)=O)c2)c1. The maximum absolute atomic E-state index is 12.5. The molecule has 9 nitrogen and oxygen atoms in total. The Hall–Kier alpha value is -2.82. The summed E-state index contributed by atoms with van der Waals surface area (Å²) < 4.78 is 34.3. The maximum Gasteiger partial charge on any atom is 0.271 e. The summed E-state index contributed by atoms with van der Waals surface area (Å²) in [6.45, 7) is 4.11. The number of benzene rings is 2.